The fourth-order valence-electron chi connectivity index (χ4n) is 1.67. The van der Waals surface area contributed by atoms with Crippen LogP contribution >= 0.6 is 11.8 Å². The van der Waals surface area contributed by atoms with Crippen molar-refractivity contribution in [2.75, 3.05) is 11.5 Å². The molecule has 1 aromatic rings. The lowest BCUT2D eigenvalue weighted by molar-refractivity contribution is -0.141. The third-order valence-corrected chi connectivity index (χ3v) is 3.74. The Labute approximate surface area is 133 Å². The number of benzene rings is 1. The van der Waals surface area contributed by atoms with E-state index in [4.69, 9.17) is 5.11 Å². The third kappa shape index (κ3) is 6.58. The lowest BCUT2D eigenvalue weighted by Crippen LogP contribution is -2.41. The molecule has 0 aromatic heterocycles. The van der Waals surface area contributed by atoms with Crippen LogP contribution < -0.4 is 5.32 Å². The van der Waals surface area contributed by atoms with Crippen LogP contribution in [0.1, 0.15) is 23.7 Å². The minimum absolute atomic E-state index is 0.0536. The number of carboxylic acids is 1. The molecule has 1 atom stereocenters. The predicted molar refractivity (Wildman–Crippen MR) is 87.1 cm³/mol. The quantitative estimate of drug-likeness (QED) is 0.538. The van der Waals surface area contributed by atoms with Gasteiger partial charge in [0, 0.05) is 5.56 Å². The molecule has 0 aliphatic rings. The number of ketones is 1. The van der Waals surface area contributed by atoms with Crippen LogP contribution in [0.15, 0.2) is 42.5 Å². The van der Waals surface area contributed by atoms with Crippen molar-refractivity contribution in [1.82, 2.24) is 5.32 Å². The Kier molecular flexibility index (Phi) is 7.99. The second-order valence-corrected chi connectivity index (χ2v) is 5.53. The molecule has 2 N–H and O–H groups in total. The number of nitrogens with one attached hydrogen (secondary N) is 1. The molecular weight excluding hydrogens is 302 g/mol. The number of carbonyl (C=O) groups excluding carboxylic acids is 2. The van der Waals surface area contributed by atoms with Gasteiger partial charge < -0.3 is 10.4 Å². The first kappa shape index (κ1) is 18.0. The maximum Gasteiger partial charge on any atom is 0.326 e. The minimum Gasteiger partial charge on any atom is -0.480 e. The first-order valence-electron chi connectivity index (χ1n) is 6.84. The zero-order valence-electron chi connectivity index (χ0n) is 12.3. The molecule has 0 spiro atoms. The normalized spacial score (nSPS) is 12.0. The summed E-state index contributed by atoms with van der Waals surface area (Å²) in [4.78, 5) is 34.5. The van der Waals surface area contributed by atoms with Crippen molar-refractivity contribution >= 4 is 29.4 Å². The number of carboxylic acid groups (broad SMARTS) is 1. The molecule has 0 saturated carbocycles. The lowest BCUT2D eigenvalue weighted by Gasteiger charge is -2.12. The molecule has 1 amide bonds. The van der Waals surface area contributed by atoms with Crippen molar-refractivity contribution in [2.45, 2.75) is 19.4 Å². The fraction of sp³-hybridized carbons (Fsp3) is 0.312. The minimum atomic E-state index is -1.07. The maximum atomic E-state index is 11.8. The topological polar surface area (TPSA) is 83.5 Å². The van der Waals surface area contributed by atoms with Crippen LogP contribution in [0.4, 0.5) is 0 Å². The number of allylic oxidation sites excluding steroid dienone is 1. The van der Waals surface area contributed by atoms with Gasteiger partial charge in [0.25, 0.3) is 0 Å². The van der Waals surface area contributed by atoms with Crippen LogP contribution in [0.2, 0.25) is 0 Å². The molecule has 5 nitrogen and oxygen atoms in total. The summed E-state index contributed by atoms with van der Waals surface area (Å²) in [7, 11) is 0. The summed E-state index contributed by atoms with van der Waals surface area (Å²) in [5.74, 6) is -1.27. The first-order valence-corrected chi connectivity index (χ1v) is 7.99. The van der Waals surface area contributed by atoms with Crippen molar-refractivity contribution in [3.05, 3.63) is 48.0 Å². The number of amides is 1. The molecule has 1 aromatic carbocycles. The SMILES string of the molecule is C/C=C/CC(NC(=O)CSCC(=O)c1ccccc1)C(=O)O. The van der Waals surface area contributed by atoms with Crippen LogP contribution in [0, 0.1) is 0 Å². The standard InChI is InChI=1S/C16H19NO4S/c1-2-3-9-13(16(20)21)17-15(19)11-22-10-14(18)12-7-5-4-6-8-12/h2-8,13H,9-11H2,1H3,(H,17,19)(H,20,21)/b3-2+. The molecule has 6 heteroatoms. The highest BCUT2D eigenvalue weighted by Gasteiger charge is 2.18. The van der Waals surface area contributed by atoms with Gasteiger partial charge in [0.15, 0.2) is 5.78 Å². The van der Waals surface area contributed by atoms with Crippen molar-refractivity contribution in [3.63, 3.8) is 0 Å². The van der Waals surface area contributed by atoms with Crippen molar-refractivity contribution in [1.29, 1.82) is 0 Å². The molecule has 0 aliphatic carbocycles. The fourth-order valence-corrected chi connectivity index (χ4v) is 2.40. The van der Waals surface area contributed by atoms with E-state index in [0.717, 1.165) is 0 Å². The van der Waals surface area contributed by atoms with E-state index in [0.29, 0.717) is 5.56 Å². The number of thioether (sulfide) groups is 1. The van der Waals surface area contributed by atoms with E-state index in [1.165, 1.54) is 11.8 Å². The Hall–Kier alpha value is -2.08. The average Bonchev–Trinajstić information content (AvgIpc) is 2.51. The number of rotatable bonds is 9. The van der Waals surface area contributed by atoms with Crippen LogP contribution in [0.5, 0.6) is 0 Å². The summed E-state index contributed by atoms with van der Waals surface area (Å²) in [6, 6.07) is 7.90. The van der Waals surface area contributed by atoms with E-state index in [1.807, 2.05) is 6.07 Å². The van der Waals surface area contributed by atoms with Crippen LogP contribution in [-0.2, 0) is 9.59 Å². The number of carbonyl (C=O) groups is 3. The third-order valence-electron chi connectivity index (χ3n) is 2.80. The van der Waals surface area contributed by atoms with Gasteiger partial charge in [0.2, 0.25) is 5.91 Å². The van der Waals surface area contributed by atoms with Crippen molar-refractivity contribution < 1.29 is 19.5 Å². The zero-order chi connectivity index (χ0) is 16.4. The van der Waals surface area contributed by atoms with E-state index in [1.54, 1.807) is 43.3 Å². The van der Waals surface area contributed by atoms with Gasteiger partial charge in [0.05, 0.1) is 11.5 Å². The van der Waals surface area contributed by atoms with Crippen LogP contribution in [0.25, 0.3) is 0 Å². The van der Waals surface area contributed by atoms with Gasteiger partial charge in [-0.25, -0.2) is 4.79 Å². The molecule has 0 fully saturated rings. The second-order valence-electron chi connectivity index (χ2n) is 4.55. The number of hydrogen-bond donors (Lipinski definition) is 2. The van der Waals surface area contributed by atoms with Gasteiger partial charge >= 0.3 is 5.97 Å². The summed E-state index contributed by atoms with van der Waals surface area (Å²) < 4.78 is 0. The lowest BCUT2D eigenvalue weighted by atomic mass is 10.2. The van der Waals surface area contributed by atoms with Gasteiger partial charge in [0.1, 0.15) is 6.04 Å². The van der Waals surface area contributed by atoms with Gasteiger partial charge in [-0.2, -0.15) is 0 Å². The Balaban J connectivity index is 2.36. The van der Waals surface area contributed by atoms with E-state index < -0.39 is 12.0 Å². The van der Waals surface area contributed by atoms with E-state index >= 15 is 0 Å². The van der Waals surface area contributed by atoms with Gasteiger partial charge in [-0.15, -0.1) is 11.8 Å². The van der Waals surface area contributed by atoms with E-state index in [-0.39, 0.29) is 29.6 Å². The maximum absolute atomic E-state index is 11.8. The number of aliphatic carboxylic acids is 1. The summed E-state index contributed by atoms with van der Waals surface area (Å²) in [6.45, 7) is 1.78. The number of Topliss-reactive ketones (excluding diaryl/α,β-unsaturated/α-hetero) is 1. The van der Waals surface area contributed by atoms with Crippen molar-refractivity contribution in [3.8, 4) is 0 Å². The Morgan fingerprint density at radius 1 is 1.23 bits per heavy atom. The average molecular weight is 321 g/mol. The zero-order valence-corrected chi connectivity index (χ0v) is 13.1. The summed E-state index contributed by atoms with van der Waals surface area (Å²) in [6.07, 6.45) is 3.66. The molecule has 0 aliphatic heterocycles. The van der Waals surface area contributed by atoms with Crippen LogP contribution in [0.3, 0.4) is 0 Å². The molecule has 1 unspecified atom stereocenters. The predicted octanol–water partition coefficient (Wildman–Crippen LogP) is 2.14. The van der Waals surface area contributed by atoms with Gasteiger partial charge in [-0.1, -0.05) is 42.5 Å². The Morgan fingerprint density at radius 2 is 1.91 bits per heavy atom. The number of hydrogen-bond acceptors (Lipinski definition) is 4. The van der Waals surface area contributed by atoms with Gasteiger partial charge in [-0.3, -0.25) is 9.59 Å². The van der Waals surface area contributed by atoms with E-state index in [9.17, 15) is 14.4 Å². The summed E-state index contributed by atoms with van der Waals surface area (Å²) >= 11 is 1.17. The monoisotopic (exact) mass is 321 g/mol. The molecule has 0 bridgehead atoms. The molecule has 22 heavy (non-hydrogen) atoms. The van der Waals surface area contributed by atoms with Crippen molar-refractivity contribution in [2.24, 2.45) is 0 Å². The highest BCUT2D eigenvalue weighted by molar-refractivity contribution is 8.00. The highest BCUT2D eigenvalue weighted by atomic mass is 32.2. The highest BCUT2D eigenvalue weighted by Crippen LogP contribution is 2.07. The Bertz CT molecular complexity index is 542. The molecule has 1 rings (SSSR count). The largest absolute Gasteiger partial charge is 0.480 e. The second kappa shape index (κ2) is 9.78. The Morgan fingerprint density at radius 3 is 2.50 bits per heavy atom. The molecule has 0 heterocycles. The molecule has 0 radical (unpaired) electrons. The summed E-state index contributed by atoms with van der Waals surface area (Å²) in [5.41, 5.74) is 0.604. The first-order chi connectivity index (χ1) is 10.5. The molecule has 0 saturated heterocycles. The smallest absolute Gasteiger partial charge is 0.326 e. The molecule has 118 valence electrons. The molecular formula is C16H19NO4S. The van der Waals surface area contributed by atoms with E-state index in [2.05, 4.69) is 5.32 Å². The van der Waals surface area contributed by atoms with Crippen LogP contribution in [-0.4, -0.2) is 40.3 Å². The van der Waals surface area contributed by atoms with Gasteiger partial charge in [-0.05, 0) is 13.3 Å². The summed E-state index contributed by atoms with van der Waals surface area (Å²) in [5, 5.41) is 11.4.